The molecule has 0 saturated heterocycles. The molecule has 2 rings (SSSR count). The molecule has 0 unspecified atom stereocenters. The summed E-state index contributed by atoms with van der Waals surface area (Å²) in [6.07, 6.45) is 3.64. The summed E-state index contributed by atoms with van der Waals surface area (Å²) in [4.78, 5) is 4.51. The van der Waals surface area contributed by atoms with E-state index in [0.29, 0.717) is 0 Å². The van der Waals surface area contributed by atoms with Crippen LogP contribution in [0.4, 0.5) is 0 Å². The molecule has 0 fully saturated rings. The molecule has 2 heterocycles. The van der Waals surface area contributed by atoms with Crippen LogP contribution in [0.25, 0.3) is 5.82 Å². The molecular formula is C11H13BrN4. The van der Waals surface area contributed by atoms with Gasteiger partial charge in [-0.2, -0.15) is 5.10 Å². The highest BCUT2D eigenvalue weighted by Crippen LogP contribution is 2.11. The molecule has 0 radical (unpaired) electrons. The summed E-state index contributed by atoms with van der Waals surface area (Å²) in [6.45, 7) is 3.81. The van der Waals surface area contributed by atoms with Crippen molar-refractivity contribution in [3.63, 3.8) is 0 Å². The minimum absolute atomic E-state index is 0.785. The van der Waals surface area contributed by atoms with Gasteiger partial charge in [0.25, 0.3) is 0 Å². The van der Waals surface area contributed by atoms with Gasteiger partial charge in [-0.25, -0.2) is 9.67 Å². The number of nitrogens with zero attached hydrogens (tertiary/aromatic N) is 3. The Hall–Kier alpha value is -1.20. The smallest absolute Gasteiger partial charge is 0.153 e. The molecule has 2 aromatic rings. The van der Waals surface area contributed by atoms with Crippen LogP contribution in [0.1, 0.15) is 12.6 Å². The summed E-state index contributed by atoms with van der Waals surface area (Å²) >= 11 is 3.37. The van der Waals surface area contributed by atoms with Crippen LogP contribution in [-0.2, 0) is 6.54 Å². The zero-order chi connectivity index (χ0) is 11.4. The first-order valence-corrected chi connectivity index (χ1v) is 5.96. The fourth-order valence-corrected chi connectivity index (χ4v) is 1.66. The van der Waals surface area contributed by atoms with Gasteiger partial charge in [-0.3, -0.25) is 0 Å². The maximum atomic E-state index is 4.51. The molecule has 84 valence electrons. The van der Waals surface area contributed by atoms with Crippen LogP contribution in [-0.4, -0.2) is 21.3 Å². The maximum absolute atomic E-state index is 4.51. The van der Waals surface area contributed by atoms with Crippen molar-refractivity contribution in [1.29, 1.82) is 0 Å². The predicted molar refractivity (Wildman–Crippen MR) is 66.4 cm³/mol. The Balaban J connectivity index is 2.22. The van der Waals surface area contributed by atoms with E-state index >= 15 is 0 Å². The summed E-state index contributed by atoms with van der Waals surface area (Å²) in [5, 5.41) is 7.44. The second kappa shape index (κ2) is 5.23. The summed E-state index contributed by atoms with van der Waals surface area (Å²) in [5.74, 6) is 0.834. The van der Waals surface area contributed by atoms with Gasteiger partial charge in [-0.05, 0) is 34.6 Å². The van der Waals surface area contributed by atoms with Gasteiger partial charge < -0.3 is 5.32 Å². The summed E-state index contributed by atoms with van der Waals surface area (Å²) < 4.78 is 2.70. The molecule has 16 heavy (non-hydrogen) atoms. The van der Waals surface area contributed by atoms with E-state index in [1.165, 1.54) is 0 Å². The molecule has 0 spiro atoms. The number of nitrogens with one attached hydrogen (secondary N) is 1. The van der Waals surface area contributed by atoms with Crippen LogP contribution in [0.3, 0.4) is 0 Å². The first-order chi connectivity index (χ1) is 7.79. The Morgan fingerprint density at radius 2 is 2.31 bits per heavy atom. The summed E-state index contributed by atoms with van der Waals surface area (Å²) in [5.41, 5.74) is 1.02. The molecule has 0 amide bonds. The van der Waals surface area contributed by atoms with Crippen molar-refractivity contribution in [3.8, 4) is 5.82 Å². The number of halogens is 1. The van der Waals surface area contributed by atoms with E-state index in [-0.39, 0.29) is 0 Å². The molecule has 0 aliphatic heterocycles. The molecule has 1 N–H and O–H groups in total. The number of rotatable bonds is 4. The summed E-state index contributed by atoms with van der Waals surface area (Å²) in [7, 11) is 0. The zero-order valence-electron chi connectivity index (χ0n) is 9.02. The van der Waals surface area contributed by atoms with E-state index in [1.54, 1.807) is 10.9 Å². The Bertz CT molecular complexity index is 467. The molecule has 0 bridgehead atoms. The van der Waals surface area contributed by atoms with Gasteiger partial charge in [0.15, 0.2) is 5.82 Å². The lowest BCUT2D eigenvalue weighted by atomic mass is 10.3. The van der Waals surface area contributed by atoms with Crippen LogP contribution in [0, 0.1) is 0 Å². The lowest BCUT2D eigenvalue weighted by Gasteiger charge is -2.04. The van der Waals surface area contributed by atoms with Gasteiger partial charge in [0.2, 0.25) is 0 Å². The average Bonchev–Trinajstić information content (AvgIpc) is 2.74. The van der Waals surface area contributed by atoms with Gasteiger partial charge in [0.1, 0.15) is 0 Å². The molecule has 0 aliphatic rings. The van der Waals surface area contributed by atoms with Gasteiger partial charge >= 0.3 is 0 Å². The Morgan fingerprint density at radius 3 is 3.00 bits per heavy atom. The Kier molecular flexibility index (Phi) is 3.69. The summed E-state index contributed by atoms with van der Waals surface area (Å²) in [6, 6.07) is 5.93. The van der Waals surface area contributed by atoms with Crippen LogP contribution in [0.15, 0.2) is 35.1 Å². The minimum atomic E-state index is 0.785. The third-order valence-electron chi connectivity index (χ3n) is 2.13. The highest BCUT2D eigenvalue weighted by Gasteiger charge is 2.01. The third-order valence-corrected chi connectivity index (χ3v) is 2.54. The van der Waals surface area contributed by atoms with E-state index in [4.69, 9.17) is 0 Å². The van der Waals surface area contributed by atoms with Crippen molar-refractivity contribution in [2.75, 3.05) is 6.54 Å². The average molecular weight is 281 g/mol. The Labute approximate surface area is 103 Å². The van der Waals surface area contributed by atoms with Crippen LogP contribution in [0.5, 0.6) is 0 Å². The van der Waals surface area contributed by atoms with Crippen LogP contribution in [0.2, 0.25) is 0 Å². The maximum Gasteiger partial charge on any atom is 0.153 e. The lowest BCUT2D eigenvalue weighted by molar-refractivity contribution is 0.704. The molecule has 2 aromatic heterocycles. The molecule has 0 aromatic carbocycles. The SMILES string of the molecule is CCNCc1cccc(-n2cc(Br)cn2)n1. The molecule has 0 aliphatic carbocycles. The van der Waals surface area contributed by atoms with E-state index in [9.17, 15) is 0 Å². The van der Waals surface area contributed by atoms with Crippen LogP contribution < -0.4 is 5.32 Å². The van der Waals surface area contributed by atoms with Gasteiger partial charge in [0, 0.05) is 12.7 Å². The first kappa shape index (κ1) is 11.3. The van der Waals surface area contributed by atoms with E-state index in [2.05, 4.69) is 38.3 Å². The second-order valence-corrected chi connectivity index (χ2v) is 4.29. The van der Waals surface area contributed by atoms with E-state index < -0.39 is 0 Å². The van der Waals surface area contributed by atoms with E-state index in [1.807, 2.05) is 24.4 Å². The van der Waals surface area contributed by atoms with Crippen LogP contribution >= 0.6 is 15.9 Å². The topological polar surface area (TPSA) is 42.7 Å². The Morgan fingerprint density at radius 1 is 1.44 bits per heavy atom. The quantitative estimate of drug-likeness (QED) is 0.933. The van der Waals surface area contributed by atoms with E-state index in [0.717, 1.165) is 29.1 Å². The molecule has 0 atom stereocenters. The predicted octanol–water partition coefficient (Wildman–Crippen LogP) is 2.14. The van der Waals surface area contributed by atoms with Crippen molar-refractivity contribution in [1.82, 2.24) is 20.1 Å². The van der Waals surface area contributed by atoms with Crippen molar-refractivity contribution >= 4 is 15.9 Å². The largest absolute Gasteiger partial charge is 0.311 e. The number of pyridine rings is 1. The molecule has 0 saturated carbocycles. The van der Waals surface area contributed by atoms with Crippen molar-refractivity contribution < 1.29 is 0 Å². The second-order valence-electron chi connectivity index (χ2n) is 3.37. The zero-order valence-corrected chi connectivity index (χ0v) is 10.6. The standard InChI is InChI=1S/C11H13BrN4/c1-2-13-7-10-4-3-5-11(15-10)16-8-9(12)6-14-16/h3-6,8,13H,2,7H2,1H3. The molecular weight excluding hydrogens is 268 g/mol. The normalized spacial score (nSPS) is 10.6. The number of hydrogen-bond donors (Lipinski definition) is 1. The monoisotopic (exact) mass is 280 g/mol. The van der Waals surface area contributed by atoms with Crippen molar-refractivity contribution in [2.24, 2.45) is 0 Å². The molecule has 5 heteroatoms. The van der Waals surface area contributed by atoms with Gasteiger partial charge in [-0.1, -0.05) is 13.0 Å². The minimum Gasteiger partial charge on any atom is -0.311 e. The van der Waals surface area contributed by atoms with Gasteiger partial charge in [0.05, 0.1) is 16.4 Å². The molecule has 4 nitrogen and oxygen atoms in total. The number of aromatic nitrogens is 3. The van der Waals surface area contributed by atoms with Crippen molar-refractivity contribution in [3.05, 3.63) is 40.8 Å². The lowest BCUT2D eigenvalue weighted by Crippen LogP contribution is -2.13. The fourth-order valence-electron chi connectivity index (χ4n) is 1.37. The fraction of sp³-hybridized carbons (Fsp3) is 0.273. The van der Waals surface area contributed by atoms with Crippen molar-refractivity contribution in [2.45, 2.75) is 13.5 Å². The first-order valence-electron chi connectivity index (χ1n) is 5.17. The highest BCUT2D eigenvalue weighted by molar-refractivity contribution is 9.10. The third kappa shape index (κ3) is 2.68. The highest BCUT2D eigenvalue weighted by atomic mass is 79.9. The van der Waals surface area contributed by atoms with Gasteiger partial charge in [-0.15, -0.1) is 0 Å². The number of hydrogen-bond acceptors (Lipinski definition) is 3.